The van der Waals surface area contributed by atoms with Crippen LogP contribution in [0.15, 0.2) is 54.6 Å². The predicted octanol–water partition coefficient (Wildman–Crippen LogP) is 2.67. The number of hydrogen-bond acceptors (Lipinski definition) is 5. The van der Waals surface area contributed by atoms with E-state index in [9.17, 15) is 4.79 Å². The van der Waals surface area contributed by atoms with Gasteiger partial charge >= 0.3 is 0 Å². The summed E-state index contributed by atoms with van der Waals surface area (Å²) in [5.41, 5.74) is 3.42. The zero-order valence-electron chi connectivity index (χ0n) is 17.6. The fraction of sp³-hybridized carbons (Fsp3) is 0.458. The van der Waals surface area contributed by atoms with Gasteiger partial charge in [0.2, 0.25) is 5.91 Å². The van der Waals surface area contributed by atoms with Gasteiger partial charge in [-0.05, 0) is 29.8 Å². The Labute approximate surface area is 179 Å². The molecule has 2 aliphatic heterocycles. The number of piperazine rings is 1. The third kappa shape index (κ3) is 6.05. The van der Waals surface area contributed by atoms with Gasteiger partial charge in [-0.15, -0.1) is 0 Å². The third-order valence-corrected chi connectivity index (χ3v) is 5.90. The molecule has 0 saturated carbocycles. The Morgan fingerprint density at radius 3 is 2.20 bits per heavy atom. The lowest BCUT2D eigenvalue weighted by atomic mass is 10.2. The van der Waals surface area contributed by atoms with Crippen LogP contribution in [0.25, 0.3) is 0 Å². The SMILES string of the molecule is O=C(CCN1CCN(Cc2ccccc2)CC1)Nc1ccc(N2CCOCC2)cc1. The number of carbonyl (C=O) groups excluding carboxylic acids is 1. The Bertz CT molecular complexity index is 783. The van der Waals surface area contributed by atoms with Gasteiger partial charge in [0.1, 0.15) is 0 Å². The van der Waals surface area contributed by atoms with Gasteiger partial charge in [0.05, 0.1) is 13.2 Å². The molecular weight excluding hydrogens is 376 g/mol. The zero-order chi connectivity index (χ0) is 20.6. The highest BCUT2D eigenvalue weighted by Gasteiger charge is 2.17. The van der Waals surface area contributed by atoms with Crippen molar-refractivity contribution in [3.63, 3.8) is 0 Å². The quantitative estimate of drug-likeness (QED) is 0.763. The van der Waals surface area contributed by atoms with Crippen molar-refractivity contribution in [2.75, 3.05) is 69.2 Å². The van der Waals surface area contributed by atoms with Gasteiger partial charge in [-0.25, -0.2) is 0 Å². The highest BCUT2D eigenvalue weighted by molar-refractivity contribution is 5.91. The van der Waals surface area contributed by atoms with Crippen molar-refractivity contribution >= 4 is 17.3 Å². The molecule has 0 atom stereocenters. The number of anilines is 2. The van der Waals surface area contributed by atoms with Crippen LogP contribution in [-0.4, -0.2) is 74.7 Å². The van der Waals surface area contributed by atoms with Crippen LogP contribution in [0, 0.1) is 0 Å². The molecule has 2 aliphatic rings. The number of amides is 1. The summed E-state index contributed by atoms with van der Waals surface area (Å²) >= 11 is 0. The molecule has 2 fully saturated rings. The van der Waals surface area contributed by atoms with E-state index in [4.69, 9.17) is 4.74 Å². The van der Waals surface area contributed by atoms with Crippen LogP contribution in [0.2, 0.25) is 0 Å². The second-order valence-electron chi connectivity index (χ2n) is 8.05. The van der Waals surface area contributed by atoms with Gasteiger partial charge in [-0.2, -0.15) is 0 Å². The lowest BCUT2D eigenvalue weighted by molar-refractivity contribution is -0.116. The monoisotopic (exact) mass is 408 g/mol. The molecule has 1 amide bonds. The van der Waals surface area contributed by atoms with Gasteiger partial charge in [0.15, 0.2) is 0 Å². The van der Waals surface area contributed by atoms with Crippen LogP contribution < -0.4 is 10.2 Å². The number of rotatable bonds is 7. The van der Waals surface area contributed by atoms with E-state index in [1.54, 1.807) is 0 Å². The predicted molar refractivity (Wildman–Crippen MR) is 121 cm³/mol. The van der Waals surface area contributed by atoms with Crippen LogP contribution in [-0.2, 0) is 16.1 Å². The Hall–Kier alpha value is -2.41. The zero-order valence-corrected chi connectivity index (χ0v) is 17.6. The van der Waals surface area contributed by atoms with E-state index in [1.165, 1.54) is 11.3 Å². The van der Waals surface area contributed by atoms with E-state index < -0.39 is 0 Å². The largest absolute Gasteiger partial charge is 0.378 e. The average molecular weight is 409 g/mol. The fourth-order valence-corrected chi connectivity index (χ4v) is 4.07. The smallest absolute Gasteiger partial charge is 0.225 e. The molecule has 30 heavy (non-hydrogen) atoms. The van der Waals surface area contributed by atoms with E-state index in [1.807, 2.05) is 12.1 Å². The maximum Gasteiger partial charge on any atom is 0.225 e. The molecule has 0 aliphatic carbocycles. The van der Waals surface area contributed by atoms with Gasteiger partial charge in [0.25, 0.3) is 0 Å². The number of nitrogens with one attached hydrogen (secondary N) is 1. The molecule has 1 N–H and O–H groups in total. The molecule has 0 radical (unpaired) electrons. The Balaban J connectivity index is 1.15. The highest BCUT2D eigenvalue weighted by Crippen LogP contribution is 2.19. The van der Waals surface area contributed by atoms with Crippen molar-refractivity contribution in [1.82, 2.24) is 9.80 Å². The van der Waals surface area contributed by atoms with E-state index in [0.29, 0.717) is 6.42 Å². The molecule has 160 valence electrons. The summed E-state index contributed by atoms with van der Waals surface area (Å²) < 4.78 is 5.40. The van der Waals surface area contributed by atoms with Crippen LogP contribution in [0.3, 0.4) is 0 Å². The second kappa shape index (κ2) is 10.6. The number of ether oxygens (including phenoxy) is 1. The van der Waals surface area contributed by atoms with E-state index in [0.717, 1.165) is 71.3 Å². The second-order valence-corrected chi connectivity index (χ2v) is 8.05. The summed E-state index contributed by atoms with van der Waals surface area (Å²) in [5.74, 6) is 0.0841. The first-order valence-electron chi connectivity index (χ1n) is 11.0. The maximum atomic E-state index is 12.4. The summed E-state index contributed by atoms with van der Waals surface area (Å²) in [5, 5.41) is 3.03. The summed E-state index contributed by atoms with van der Waals surface area (Å²) in [6.45, 7) is 9.38. The first-order valence-corrected chi connectivity index (χ1v) is 11.0. The number of benzene rings is 2. The first-order chi connectivity index (χ1) is 14.8. The molecule has 0 spiro atoms. The summed E-state index contributed by atoms with van der Waals surface area (Å²) in [7, 11) is 0. The Kier molecular flexibility index (Phi) is 7.34. The molecular formula is C24H32N4O2. The van der Waals surface area contributed by atoms with Crippen LogP contribution in [0.1, 0.15) is 12.0 Å². The number of morpholine rings is 1. The van der Waals surface area contributed by atoms with Crippen molar-refractivity contribution in [2.24, 2.45) is 0 Å². The highest BCUT2D eigenvalue weighted by atomic mass is 16.5. The molecule has 4 rings (SSSR count). The molecule has 0 unspecified atom stereocenters. The van der Waals surface area contributed by atoms with E-state index >= 15 is 0 Å². The van der Waals surface area contributed by atoms with E-state index in [-0.39, 0.29) is 5.91 Å². The molecule has 0 bridgehead atoms. The number of hydrogen-bond donors (Lipinski definition) is 1. The van der Waals surface area contributed by atoms with Gasteiger partial charge < -0.3 is 19.9 Å². The molecule has 6 nitrogen and oxygen atoms in total. The molecule has 2 saturated heterocycles. The summed E-state index contributed by atoms with van der Waals surface area (Å²) in [6.07, 6.45) is 0.532. The minimum Gasteiger partial charge on any atom is -0.378 e. The number of carbonyl (C=O) groups is 1. The fourth-order valence-electron chi connectivity index (χ4n) is 4.07. The minimum absolute atomic E-state index is 0.0841. The van der Waals surface area contributed by atoms with Crippen molar-refractivity contribution in [3.05, 3.63) is 60.2 Å². The normalized spacial score (nSPS) is 18.3. The lowest BCUT2D eigenvalue weighted by Gasteiger charge is -2.34. The molecule has 2 aromatic carbocycles. The summed E-state index contributed by atoms with van der Waals surface area (Å²) in [4.78, 5) is 19.6. The van der Waals surface area contributed by atoms with E-state index in [2.05, 4.69) is 62.5 Å². The van der Waals surface area contributed by atoms with Crippen molar-refractivity contribution in [2.45, 2.75) is 13.0 Å². The molecule has 2 aromatic rings. The Morgan fingerprint density at radius 2 is 1.50 bits per heavy atom. The molecule has 0 aromatic heterocycles. The summed E-state index contributed by atoms with van der Waals surface area (Å²) in [6, 6.07) is 18.8. The first kappa shape index (κ1) is 20.8. The van der Waals surface area contributed by atoms with Crippen molar-refractivity contribution in [1.29, 1.82) is 0 Å². The molecule has 2 heterocycles. The van der Waals surface area contributed by atoms with Gasteiger partial charge in [-0.3, -0.25) is 9.69 Å². The standard InChI is InChI=1S/C24H32N4O2/c29-24(25-22-6-8-23(9-7-22)28-16-18-30-19-17-28)10-11-26-12-14-27(15-13-26)20-21-4-2-1-3-5-21/h1-9H,10-20H2,(H,25,29). The van der Waals surface area contributed by atoms with Crippen molar-refractivity contribution < 1.29 is 9.53 Å². The minimum atomic E-state index is 0.0841. The lowest BCUT2D eigenvalue weighted by Crippen LogP contribution is -2.46. The topological polar surface area (TPSA) is 48.1 Å². The van der Waals surface area contributed by atoms with Gasteiger partial charge in [-0.1, -0.05) is 30.3 Å². The third-order valence-electron chi connectivity index (χ3n) is 5.90. The van der Waals surface area contributed by atoms with Gasteiger partial charge in [0, 0.05) is 70.2 Å². The van der Waals surface area contributed by atoms with Crippen LogP contribution in [0.4, 0.5) is 11.4 Å². The average Bonchev–Trinajstić information content (AvgIpc) is 2.80. The van der Waals surface area contributed by atoms with Crippen LogP contribution in [0.5, 0.6) is 0 Å². The number of nitrogens with zero attached hydrogens (tertiary/aromatic N) is 3. The van der Waals surface area contributed by atoms with Crippen LogP contribution >= 0.6 is 0 Å². The maximum absolute atomic E-state index is 12.4. The molecule has 6 heteroatoms. The Morgan fingerprint density at radius 1 is 0.833 bits per heavy atom. The van der Waals surface area contributed by atoms with Crippen molar-refractivity contribution in [3.8, 4) is 0 Å².